The van der Waals surface area contributed by atoms with Gasteiger partial charge in [-0.2, -0.15) is 0 Å². The van der Waals surface area contributed by atoms with Gasteiger partial charge < -0.3 is 5.73 Å². The van der Waals surface area contributed by atoms with Crippen molar-refractivity contribution < 1.29 is 0 Å². The quantitative estimate of drug-likeness (QED) is 0.164. The number of benzene rings is 7. The van der Waals surface area contributed by atoms with Gasteiger partial charge >= 0.3 is 0 Å². The Balaban J connectivity index is 1.20. The van der Waals surface area contributed by atoms with E-state index in [0.717, 1.165) is 11.1 Å². The van der Waals surface area contributed by atoms with Crippen molar-refractivity contribution in [3.63, 3.8) is 0 Å². The van der Waals surface area contributed by atoms with Gasteiger partial charge in [-0.1, -0.05) is 178 Å². The third-order valence-corrected chi connectivity index (χ3v) is 10.2. The summed E-state index contributed by atoms with van der Waals surface area (Å²) in [6.45, 7) is 4.72. The van der Waals surface area contributed by atoms with Crippen LogP contribution >= 0.6 is 0 Å². The van der Waals surface area contributed by atoms with Crippen LogP contribution < -0.4 is 11.1 Å². The van der Waals surface area contributed by atoms with Crippen molar-refractivity contribution >= 4 is 16.8 Å². The fourth-order valence-corrected chi connectivity index (χ4v) is 7.51. The fourth-order valence-electron chi connectivity index (χ4n) is 7.51. The van der Waals surface area contributed by atoms with Gasteiger partial charge in [-0.25, -0.2) is 0 Å². The molecule has 0 amide bonds. The lowest BCUT2D eigenvalue weighted by Gasteiger charge is -2.22. The SMILES string of the molecule is CC1(C)c2cc3ccccc3cc2-c2c(-c3ccccc3/C=C/C(NC(N)c3ccccc3)c3ccc(-c4ccccc4)cc3)cccc21. The zero-order valence-corrected chi connectivity index (χ0v) is 28.0. The molecule has 49 heavy (non-hydrogen) atoms. The van der Waals surface area contributed by atoms with Gasteiger partial charge in [0, 0.05) is 5.41 Å². The molecule has 0 aliphatic heterocycles. The first-order chi connectivity index (χ1) is 24.0. The molecule has 0 radical (unpaired) electrons. The number of hydrogen-bond donors (Lipinski definition) is 2. The molecular weight excluding hydrogens is 593 g/mol. The van der Waals surface area contributed by atoms with Gasteiger partial charge in [0.15, 0.2) is 0 Å². The van der Waals surface area contributed by atoms with Crippen molar-refractivity contribution in [2.75, 3.05) is 0 Å². The van der Waals surface area contributed by atoms with Crippen LogP contribution in [0.5, 0.6) is 0 Å². The van der Waals surface area contributed by atoms with Gasteiger partial charge in [-0.3, -0.25) is 5.32 Å². The third kappa shape index (κ3) is 5.80. The highest BCUT2D eigenvalue weighted by Gasteiger charge is 2.37. The molecule has 0 spiro atoms. The summed E-state index contributed by atoms with van der Waals surface area (Å²) in [5.74, 6) is 0. The van der Waals surface area contributed by atoms with Crippen LogP contribution in [0.2, 0.25) is 0 Å². The minimum atomic E-state index is -0.328. The van der Waals surface area contributed by atoms with Crippen LogP contribution in [0, 0.1) is 0 Å². The van der Waals surface area contributed by atoms with E-state index in [1.807, 2.05) is 18.2 Å². The van der Waals surface area contributed by atoms with E-state index in [4.69, 9.17) is 5.73 Å². The molecule has 0 saturated carbocycles. The summed E-state index contributed by atoms with van der Waals surface area (Å²) in [7, 11) is 0. The van der Waals surface area contributed by atoms with Gasteiger partial charge in [0.25, 0.3) is 0 Å². The molecule has 1 aliphatic rings. The van der Waals surface area contributed by atoms with Crippen molar-refractivity contribution in [1.29, 1.82) is 0 Å². The van der Waals surface area contributed by atoms with Crippen LogP contribution in [0.25, 0.3) is 50.2 Å². The predicted molar refractivity (Wildman–Crippen MR) is 207 cm³/mol. The predicted octanol–water partition coefficient (Wildman–Crippen LogP) is 11.5. The molecule has 8 rings (SSSR count). The summed E-state index contributed by atoms with van der Waals surface area (Å²) in [5, 5.41) is 6.27. The first-order valence-corrected chi connectivity index (χ1v) is 17.1. The van der Waals surface area contributed by atoms with E-state index in [2.05, 4.69) is 177 Å². The molecule has 3 N–H and O–H groups in total. The summed E-state index contributed by atoms with van der Waals surface area (Å²) in [6, 6.07) is 58.5. The molecule has 1 aliphatic carbocycles. The average Bonchev–Trinajstić information content (AvgIpc) is 3.38. The lowest BCUT2D eigenvalue weighted by atomic mass is 9.81. The van der Waals surface area contributed by atoms with E-state index in [1.165, 1.54) is 60.8 Å². The number of nitrogens with two attached hydrogens (primary N) is 1. The molecular formula is C47H40N2. The molecule has 0 bridgehead atoms. The van der Waals surface area contributed by atoms with Gasteiger partial charge in [0.2, 0.25) is 0 Å². The van der Waals surface area contributed by atoms with Crippen LogP contribution in [-0.4, -0.2) is 0 Å². The van der Waals surface area contributed by atoms with E-state index in [-0.39, 0.29) is 17.6 Å². The highest BCUT2D eigenvalue weighted by atomic mass is 15.0. The Kier molecular flexibility index (Phi) is 8.05. The number of hydrogen-bond acceptors (Lipinski definition) is 2. The van der Waals surface area contributed by atoms with E-state index in [1.54, 1.807) is 0 Å². The Bertz CT molecular complexity index is 2280. The smallest absolute Gasteiger partial charge is 0.0817 e. The molecule has 0 heterocycles. The van der Waals surface area contributed by atoms with Gasteiger partial charge in [0.1, 0.15) is 0 Å². The molecule has 2 unspecified atom stereocenters. The zero-order chi connectivity index (χ0) is 33.4. The Morgan fingerprint density at radius 3 is 1.90 bits per heavy atom. The first-order valence-electron chi connectivity index (χ1n) is 17.1. The van der Waals surface area contributed by atoms with Crippen LogP contribution in [0.1, 0.15) is 53.9 Å². The molecule has 0 aromatic heterocycles. The molecule has 0 saturated heterocycles. The topological polar surface area (TPSA) is 38.0 Å². The van der Waals surface area contributed by atoms with Crippen LogP contribution in [0.3, 0.4) is 0 Å². The Morgan fingerprint density at radius 2 is 1.14 bits per heavy atom. The van der Waals surface area contributed by atoms with Crippen LogP contribution in [0.4, 0.5) is 0 Å². The lowest BCUT2D eigenvalue weighted by Crippen LogP contribution is -2.31. The largest absolute Gasteiger partial charge is 0.312 e. The van der Waals surface area contributed by atoms with Crippen LogP contribution in [0.15, 0.2) is 170 Å². The minimum Gasteiger partial charge on any atom is -0.312 e. The van der Waals surface area contributed by atoms with Crippen molar-refractivity contribution in [1.82, 2.24) is 5.32 Å². The molecule has 7 aromatic carbocycles. The van der Waals surface area contributed by atoms with Gasteiger partial charge in [-0.05, 0) is 84.1 Å². The molecule has 7 aromatic rings. The monoisotopic (exact) mass is 632 g/mol. The third-order valence-electron chi connectivity index (χ3n) is 10.2. The highest BCUT2D eigenvalue weighted by molar-refractivity contribution is 5.99. The molecule has 238 valence electrons. The summed E-state index contributed by atoms with van der Waals surface area (Å²) >= 11 is 0. The van der Waals surface area contributed by atoms with Crippen molar-refractivity contribution in [3.05, 3.63) is 198 Å². The number of fused-ring (bicyclic) bond motifs is 4. The normalized spacial score (nSPS) is 14.4. The Hall–Kier alpha value is -5.54. The minimum absolute atomic E-state index is 0.0933. The summed E-state index contributed by atoms with van der Waals surface area (Å²) < 4.78 is 0. The zero-order valence-electron chi connectivity index (χ0n) is 28.0. The van der Waals surface area contributed by atoms with E-state index in [0.29, 0.717) is 0 Å². The second-order valence-electron chi connectivity index (χ2n) is 13.6. The first kappa shape index (κ1) is 30.8. The van der Waals surface area contributed by atoms with Crippen molar-refractivity contribution in [2.45, 2.75) is 31.5 Å². The van der Waals surface area contributed by atoms with Crippen molar-refractivity contribution in [3.8, 4) is 33.4 Å². The number of nitrogens with one attached hydrogen (secondary N) is 1. The molecule has 2 heteroatoms. The summed E-state index contributed by atoms with van der Waals surface area (Å²) in [6.07, 6.45) is 4.19. The molecule has 2 nitrogen and oxygen atoms in total. The summed E-state index contributed by atoms with van der Waals surface area (Å²) in [4.78, 5) is 0. The highest BCUT2D eigenvalue weighted by Crippen LogP contribution is 2.53. The summed E-state index contributed by atoms with van der Waals surface area (Å²) in [5.41, 5.74) is 20.4. The standard InChI is InChI=1S/C47H40N2/c1-47(2)42-23-13-22-40(45(42)41-30-37-19-9-10-20-38(37)31-43(41)47)39-21-12-11-16-34(39)28-29-44(49-46(48)36-17-7-4-8-18-36)35-26-24-33(25-27-35)32-14-5-3-6-15-32/h3-31,44,46,49H,48H2,1-2H3/b29-28+. The lowest BCUT2D eigenvalue weighted by molar-refractivity contribution is 0.509. The van der Waals surface area contributed by atoms with Crippen molar-refractivity contribution in [2.24, 2.45) is 5.73 Å². The molecule has 2 atom stereocenters. The van der Waals surface area contributed by atoms with Crippen LogP contribution in [-0.2, 0) is 5.41 Å². The molecule has 0 fully saturated rings. The maximum atomic E-state index is 6.77. The maximum absolute atomic E-state index is 6.77. The van der Waals surface area contributed by atoms with E-state index >= 15 is 0 Å². The van der Waals surface area contributed by atoms with E-state index in [9.17, 15) is 0 Å². The average molecular weight is 633 g/mol. The fraction of sp³-hybridized carbons (Fsp3) is 0.106. The van der Waals surface area contributed by atoms with E-state index < -0.39 is 0 Å². The second-order valence-corrected chi connectivity index (χ2v) is 13.6. The van der Waals surface area contributed by atoms with Gasteiger partial charge in [0.05, 0.1) is 12.2 Å². The maximum Gasteiger partial charge on any atom is 0.0817 e. The Morgan fingerprint density at radius 1 is 0.531 bits per heavy atom. The number of rotatable bonds is 8. The van der Waals surface area contributed by atoms with Gasteiger partial charge in [-0.15, -0.1) is 0 Å². The Labute approximate surface area is 289 Å². The second kappa shape index (κ2) is 12.8.